The van der Waals surface area contributed by atoms with Crippen LogP contribution >= 0.6 is 0 Å². The van der Waals surface area contributed by atoms with Crippen molar-refractivity contribution in [3.05, 3.63) is 0 Å². The minimum atomic E-state index is -1.79. The number of aliphatic hydroxyl groups is 1. The first-order valence-electron chi connectivity index (χ1n) is 13.4. The quantitative estimate of drug-likeness (QED) is 0.188. The number of ether oxygens (including phenoxy) is 9. The fourth-order valence-electron chi connectivity index (χ4n) is 4.59. The van der Waals surface area contributed by atoms with E-state index >= 15 is 0 Å². The number of aliphatic hydroxyl groups excluding tert-OH is 1. The van der Waals surface area contributed by atoms with Crippen LogP contribution in [-0.4, -0.2) is 121 Å². The number of nitrogens with one attached hydrogen (secondary N) is 1. The Balaban J connectivity index is 2.66. The molecule has 0 saturated carbocycles. The average Bonchev–Trinajstić information content (AvgIpc) is 2.87. The summed E-state index contributed by atoms with van der Waals surface area (Å²) in [6, 6.07) is -1.43. The molecule has 2 fully saturated rings. The third-order valence-corrected chi connectivity index (χ3v) is 6.03. The third kappa shape index (κ3) is 10.7. The van der Waals surface area contributed by atoms with Crippen LogP contribution in [0.3, 0.4) is 0 Å². The standard InChI is InChI=1S/C26H37NO17/c1-10(28)27-19-22(39-14(5)32)20(17(42-25(19)35)8-36-11(2)29)44-26-24(41-16(7)34)23(40-15(6)33)21(38-13(4)31)18(43-26)9-37-12(3)30/h17-26,35H,8-9H2,1-7H3,(H,27,28)/t17-,18-,19+,20-,21+,22-,23+,24-,25+,26+/m1/s1. The van der Waals surface area contributed by atoms with Crippen LogP contribution in [0.25, 0.3) is 0 Å². The van der Waals surface area contributed by atoms with Crippen molar-refractivity contribution in [2.75, 3.05) is 13.2 Å². The van der Waals surface area contributed by atoms with Crippen LogP contribution in [0.15, 0.2) is 0 Å². The van der Waals surface area contributed by atoms with Crippen molar-refractivity contribution in [2.45, 2.75) is 110 Å². The highest BCUT2D eigenvalue weighted by Gasteiger charge is 2.56. The summed E-state index contributed by atoms with van der Waals surface area (Å²) in [7, 11) is 0. The zero-order chi connectivity index (χ0) is 33.3. The van der Waals surface area contributed by atoms with E-state index in [-0.39, 0.29) is 0 Å². The second kappa shape index (κ2) is 16.3. The van der Waals surface area contributed by atoms with E-state index in [4.69, 9.17) is 42.6 Å². The van der Waals surface area contributed by atoms with E-state index in [1.807, 2.05) is 0 Å². The molecule has 2 saturated heterocycles. The third-order valence-electron chi connectivity index (χ3n) is 6.03. The van der Waals surface area contributed by atoms with Gasteiger partial charge in [0.1, 0.15) is 37.6 Å². The lowest BCUT2D eigenvalue weighted by Crippen LogP contribution is -2.68. The predicted molar refractivity (Wildman–Crippen MR) is 138 cm³/mol. The van der Waals surface area contributed by atoms with Gasteiger partial charge in [0.05, 0.1) is 0 Å². The van der Waals surface area contributed by atoms with Gasteiger partial charge in [-0.3, -0.25) is 33.6 Å². The Morgan fingerprint density at radius 3 is 1.45 bits per heavy atom. The molecule has 2 aliphatic rings. The van der Waals surface area contributed by atoms with Crippen molar-refractivity contribution < 1.29 is 81.3 Å². The number of hydrogen-bond acceptors (Lipinski definition) is 17. The highest BCUT2D eigenvalue weighted by molar-refractivity contribution is 5.73. The zero-order valence-electron chi connectivity index (χ0n) is 25.2. The molecule has 18 nitrogen and oxygen atoms in total. The number of rotatable bonds is 11. The first-order valence-corrected chi connectivity index (χ1v) is 13.4. The minimum absolute atomic E-state index is 0.559. The van der Waals surface area contributed by atoms with Crippen molar-refractivity contribution >= 4 is 41.7 Å². The second-order valence-corrected chi connectivity index (χ2v) is 9.84. The van der Waals surface area contributed by atoms with Crippen LogP contribution in [0.5, 0.6) is 0 Å². The Bertz CT molecular complexity index is 1090. The summed E-state index contributed by atoms with van der Waals surface area (Å²) in [6.07, 6.45) is -14.2. The van der Waals surface area contributed by atoms with Crippen molar-refractivity contribution in [1.29, 1.82) is 0 Å². The van der Waals surface area contributed by atoms with Gasteiger partial charge < -0.3 is 53.1 Å². The van der Waals surface area contributed by atoms with E-state index in [0.717, 1.165) is 48.5 Å². The molecule has 2 heterocycles. The van der Waals surface area contributed by atoms with E-state index in [2.05, 4.69) is 5.32 Å². The van der Waals surface area contributed by atoms with Crippen LogP contribution < -0.4 is 5.32 Å². The van der Waals surface area contributed by atoms with Gasteiger partial charge in [-0.1, -0.05) is 0 Å². The number of carbonyl (C=O) groups excluding carboxylic acids is 7. The molecule has 0 aliphatic carbocycles. The minimum Gasteiger partial charge on any atom is -0.463 e. The fraction of sp³-hybridized carbons (Fsp3) is 0.731. The topological polar surface area (TPSA) is 235 Å². The molecule has 0 aromatic heterocycles. The molecule has 44 heavy (non-hydrogen) atoms. The Kier molecular flexibility index (Phi) is 13.4. The van der Waals surface area contributed by atoms with Gasteiger partial charge in [0, 0.05) is 48.5 Å². The number of amides is 1. The van der Waals surface area contributed by atoms with Crippen molar-refractivity contribution in [3.8, 4) is 0 Å². The van der Waals surface area contributed by atoms with E-state index in [1.165, 1.54) is 0 Å². The van der Waals surface area contributed by atoms with Crippen LogP contribution in [0.1, 0.15) is 48.5 Å². The smallest absolute Gasteiger partial charge is 0.303 e. The summed E-state index contributed by atoms with van der Waals surface area (Å²) in [5.41, 5.74) is 0. The van der Waals surface area contributed by atoms with Crippen molar-refractivity contribution in [2.24, 2.45) is 0 Å². The van der Waals surface area contributed by atoms with E-state index in [9.17, 15) is 38.7 Å². The molecule has 2 aliphatic heterocycles. The average molecular weight is 636 g/mol. The molecule has 248 valence electrons. The van der Waals surface area contributed by atoms with Crippen LogP contribution in [-0.2, 0) is 76.2 Å². The highest BCUT2D eigenvalue weighted by Crippen LogP contribution is 2.34. The molecule has 0 unspecified atom stereocenters. The van der Waals surface area contributed by atoms with Gasteiger partial charge in [0.2, 0.25) is 5.91 Å². The first kappa shape index (κ1) is 36.3. The Morgan fingerprint density at radius 2 is 1.00 bits per heavy atom. The fourth-order valence-corrected chi connectivity index (χ4v) is 4.59. The summed E-state index contributed by atoms with van der Waals surface area (Å²) >= 11 is 0. The molecule has 10 atom stereocenters. The molecular formula is C26H37NO17. The molecule has 2 N–H and O–H groups in total. The molecular weight excluding hydrogens is 598 g/mol. The molecule has 0 aromatic rings. The summed E-state index contributed by atoms with van der Waals surface area (Å²) < 4.78 is 49.2. The second-order valence-electron chi connectivity index (χ2n) is 9.84. The maximum absolute atomic E-state index is 12.2. The highest BCUT2D eigenvalue weighted by atomic mass is 16.8. The molecule has 1 amide bonds. The first-order chi connectivity index (χ1) is 20.5. The van der Waals surface area contributed by atoms with Gasteiger partial charge in [0.15, 0.2) is 37.0 Å². The van der Waals surface area contributed by atoms with E-state index in [1.54, 1.807) is 0 Å². The SMILES string of the molecule is CC(=O)N[C@H]1[C@@H](OC(C)=O)[C@H](O[C@@H]2O[C@H](COC(C)=O)[C@H](OC(C)=O)[C@H](OC(C)=O)[C@H]2OC(C)=O)[C@@H](COC(C)=O)O[C@@H]1O. The Hall–Kier alpha value is -3.87. The van der Waals surface area contributed by atoms with Crippen LogP contribution in [0.2, 0.25) is 0 Å². The van der Waals surface area contributed by atoms with E-state index in [0.29, 0.717) is 0 Å². The largest absolute Gasteiger partial charge is 0.463 e. The Morgan fingerprint density at radius 1 is 0.568 bits per heavy atom. The van der Waals surface area contributed by atoms with E-state index < -0.39 is 116 Å². The predicted octanol–water partition coefficient (Wildman–Crippen LogP) is -1.83. The molecule has 0 spiro atoms. The van der Waals surface area contributed by atoms with Gasteiger partial charge in [-0.05, 0) is 0 Å². The maximum Gasteiger partial charge on any atom is 0.303 e. The Labute approximate surface area is 251 Å². The normalized spacial score (nSPS) is 31.5. The lowest BCUT2D eigenvalue weighted by Gasteiger charge is -2.48. The van der Waals surface area contributed by atoms with Crippen molar-refractivity contribution in [3.63, 3.8) is 0 Å². The maximum atomic E-state index is 12.2. The molecule has 2 rings (SSSR count). The summed E-state index contributed by atoms with van der Waals surface area (Å²) in [4.78, 5) is 83.6. The molecule has 0 radical (unpaired) electrons. The molecule has 0 aromatic carbocycles. The number of carbonyl (C=O) groups is 7. The lowest BCUT2D eigenvalue weighted by atomic mass is 9.95. The lowest BCUT2D eigenvalue weighted by molar-refractivity contribution is -0.347. The van der Waals surface area contributed by atoms with Crippen molar-refractivity contribution in [1.82, 2.24) is 5.32 Å². The van der Waals surface area contributed by atoms with Gasteiger partial charge in [-0.15, -0.1) is 0 Å². The van der Waals surface area contributed by atoms with Gasteiger partial charge in [-0.25, -0.2) is 0 Å². The summed E-state index contributed by atoms with van der Waals surface area (Å²) in [6.45, 7) is 6.33. The van der Waals surface area contributed by atoms with Crippen LogP contribution in [0.4, 0.5) is 0 Å². The summed E-state index contributed by atoms with van der Waals surface area (Å²) in [5.74, 6) is -5.68. The monoisotopic (exact) mass is 635 g/mol. The van der Waals surface area contributed by atoms with Gasteiger partial charge >= 0.3 is 35.8 Å². The van der Waals surface area contributed by atoms with Crippen LogP contribution in [0, 0.1) is 0 Å². The van der Waals surface area contributed by atoms with Gasteiger partial charge in [-0.2, -0.15) is 0 Å². The molecule has 18 heteroatoms. The summed E-state index contributed by atoms with van der Waals surface area (Å²) in [5, 5.41) is 13.1. The number of esters is 6. The zero-order valence-corrected chi connectivity index (χ0v) is 25.2. The molecule has 0 bridgehead atoms. The number of hydrogen-bond donors (Lipinski definition) is 2. The van der Waals surface area contributed by atoms with Gasteiger partial charge in [0.25, 0.3) is 0 Å².